The number of sulfonamides is 1. The number of aromatic amines is 2. The van der Waals surface area contributed by atoms with E-state index in [9.17, 15) is 27.6 Å². The normalized spacial score (nSPS) is 14.5. The van der Waals surface area contributed by atoms with Crippen LogP contribution in [0.15, 0.2) is 44.9 Å². The predicted molar refractivity (Wildman–Crippen MR) is 101 cm³/mol. The van der Waals surface area contributed by atoms with Gasteiger partial charge in [-0.1, -0.05) is 0 Å². The van der Waals surface area contributed by atoms with E-state index in [0.717, 1.165) is 19.0 Å². The Bertz CT molecular complexity index is 1130. The predicted octanol–water partition coefficient (Wildman–Crippen LogP) is -0.357. The fourth-order valence-electron chi connectivity index (χ4n) is 2.76. The number of carbonyl (C=O) groups excluding carboxylic acids is 2. The van der Waals surface area contributed by atoms with Gasteiger partial charge in [-0.3, -0.25) is 14.6 Å². The van der Waals surface area contributed by atoms with Crippen LogP contribution in [0.3, 0.4) is 0 Å². The number of hydrogen-bond donors (Lipinski definition) is 3. The number of hydrogen-bond acceptors (Lipinski definition) is 7. The van der Waals surface area contributed by atoms with Gasteiger partial charge in [0.2, 0.25) is 10.0 Å². The number of nitrogens with one attached hydrogen (secondary N) is 3. The van der Waals surface area contributed by atoms with Gasteiger partial charge >= 0.3 is 11.7 Å². The molecule has 0 aliphatic carbocycles. The molecule has 0 spiro atoms. The number of nitrogens with zero attached hydrogens (tertiary/aromatic N) is 1. The van der Waals surface area contributed by atoms with Gasteiger partial charge in [-0.25, -0.2) is 18.0 Å². The van der Waals surface area contributed by atoms with E-state index in [4.69, 9.17) is 4.74 Å². The van der Waals surface area contributed by atoms with E-state index in [1.807, 2.05) is 4.98 Å². The Hall–Kier alpha value is -3.25. The van der Waals surface area contributed by atoms with Crippen molar-refractivity contribution in [2.45, 2.75) is 17.7 Å². The molecule has 29 heavy (non-hydrogen) atoms. The Kier molecular flexibility index (Phi) is 5.94. The minimum absolute atomic E-state index is 0.126. The van der Waals surface area contributed by atoms with Crippen LogP contribution in [0.1, 0.15) is 23.2 Å². The van der Waals surface area contributed by atoms with Crippen molar-refractivity contribution in [3.8, 4) is 0 Å². The molecule has 1 saturated heterocycles. The first-order valence-corrected chi connectivity index (χ1v) is 10.1. The maximum absolute atomic E-state index is 12.5. The molecule has 0 saturated carbocycles. The van der Waals surface area contributed by atoms with Crippen LogP contribution in [0, 0.1) is 0 Å². The molecule has 0 unspecified atom stereocenters. The summed E-state index contributed by atoms with van der Waals surface area (Å²) in [6.45, 7) is 0.305. The molecule has 1 aliphatic rings. The second kappa shape index (κ2) is 8.41. The Balaban J connectivity index is 1.57. The highest BCUT2D eigenvalue weighted by molar-refractivity contribution is 7.89. The molecule has 0 atom stereocenters. The minimum atomic E-state index is -3.55. The molecule has 0 radical (unpaired) electrons. The number of amides is 1. The zero-order valence-corrected chi connectivity index (χ0v) is 16.0. The molecule has 11 nitrogen and oxygen atoms in total. The highest BCUT2D eigenvalue weighted by Gasteiger charge is 2.27. The Morgan fingerprint density at radius 2 is 1.76 bits per heavy atom. The lowest BCUT2D eigenvalue weighted by Crippen LogP contribution is -2.29. The molecule has 0 bridgehead atoms. The number of ether oxygens (including phenoxy) is 1. The Morgan fingerprint density at radius 1 is 1.10 bits per heavy atom. The molecule has 1 aliphatic heterocycles. The number of esters is 1. The van der Waals surface area contributed by atoms with Crippen LogP contribution in [0.5, 0.6) is 0 Å². The monoisotopic (exact) mass is 422 g/mol. The molecule has 1 aromatic carbocycles. The van der Waals surface area contributed by atoms with Crippen LogP contribution in [0.4, 0.5) is 5.69 Å². The number of H-pyrrole nitrogens is 2. The zero-order chi connectivity index (χ0) is 21.0. The largest absolute Gasteiger partial charge is 0.452 e. The quantitative estimate of drug-likeness (QED) is 0.536. The first-order valence-electron chi connectivity index (χ1n) is 8.66. The van der Waals surface area contributed by atoms with Crippen molar-refractivity contribution in [2.75, 3.05) is 25.0 Å². The summed E-state index contributed by atoms with van der Waals surface area (Å²) in [5, 5.41) is 2.45. The molecule has 2 aromatic rings. The standard InChI is InChI=1S/C17H18N4O7S/c22-14(10-28-16(24)13-9-18-17(25)20-15(13)23)19-11-3-5-12(6-4-11)29(26,27)21-7-1-2-8-21/h3-6,9H,1-2,7-8,10H2,(H,19,22)(H2,18,20,23,25). The molecular formula is C17H18N4O7S. The number of benzene rings is 1. The van der Waals surface area contributed by atoms with Crippen LogP contribution in [0.2, 0.25) is 0 Å². The summed E-state index contributed by atoms with van der Waals surface area (Å²) < 4.78 is 31.1. The lowest BCUT2D eigenvalue weighted by Gasteiger charge is -2.15. The molecule has 1 amide bonds. The summed E-state index contributed by atoms with van der Waals surface area (Å²) in [7, 11) is -3.55. The van der Waals surface area contributed by atoms with E-state index >= 15 is 0 Å². The highest BCUT2D eigenvalue weighted by Crippen LogP contribution is 2.22. The summed E-state index contributed by atoms with van der Waals surface area (Å²) in [4.78, 5) is 50.3. The number of aromatic nitrogens is 2. The Labute approximate surface area is 164 Å². The molecule has 3 rings (SSSR count). The van der Waals surface area contributed by atoms with Gasteiger partial charge in [0.05, 0.1) is 4.90 Å². The van der Waals surface area contributed by atoms with Crippen LogP contribution in [-0.4, -0.2) is 54.3 Å². The van der Waals surface area contributed by atoms with Crippen molar-refractivity contribution < 1.29 is 22.7 Å². The minimum Gasteiger partial charge on any atom is -0.452 e. The second-order valence-electron chi connectivity index (χ2n) is 6.25. The summed E-state index contributed by atoms with van der Waals surface area (Å²) >= 11 is 0. The van der Waals surface area contributed by atoms with Crippen molar-refractivity contribution in [3.63, 3.8) is 0 Å². The van der Waals surface area contributed by atoms with Gasteiger partial charge in [0.15, 0.2) is 6.61 Å². The maximum Gasteiger partial charge on any atom is 0.345 e. The molecule has 1 fully saturated rings. The third-order valence-corrected chi connectivity index (χ3v) is 6.13. The molecule has 2 heterocycles. The number of rotatable bonds is 6. The van der Waals surface area contributed by atoms with Crippen LogP contribution < -0.4 is 16.6 Å². The third kappa shape index (κ3) is 4.78. The fourth-order valence-corrected chi connectivity index (χ4v) is 4.27. The average molecular weight is 422 g/mol. The van der Waals surface area contributed by atoms with E-state index in [1.54, 1.807) is 0 Å². The molecule has 3 N–H and O–H groups in total. The summed E-state index contributed by atoms with van der Waals surface area (Å²) in [6.07, 6.45) is 2.55. The fraction of sp³-hybridized carbons (Fsp3) is 0.294. The lowest BCUT2D eigenvalue weighted by atomic mass is 10.3. The van der Waals surface area contributed by atoms with Gasteiger partial charge in [0, 0.05) is 25.0 Å². The van der Waals surface area contributed by atoms with E-state index in [2.05, 4.69) is 10.3 Å². The van der Waals surface area contributed by atoms with Crippen molar-refractivity contribution >= 4 is 27.6 Å². The van der Waals surface area contributed by atoms with Crippen LogP contribution >= 0.6 is 0 Å². The molecule has 1 aromatic heterocycles. The van der Waals surface area contributed by atoms with Gasteiger partial charge in [-0.2, -0.15) is 4.31 Å². The second-order valence-corrected chi connectivity index (χ2v) is 8.18. The van der Waals surface area contributed by atoms with E-state index in [-0.39, 0.29) is 4.90 Å². The maximum atomic E-state index is 12.5. The van der Waals surface area contributed by atoms with Gasteiger partial charge in [-0.15, -0.1) is 0 Å². The summed E-state index contributed by atoms with van der Waals surface area (Å²) in [6, 6.07) is 5.62. The van der Waals surface area contributed by atoms with E-state index < -0.39 is 45.3 Å². The molecule has 154 valence electrons. The topological polar surface area (TPSA) is 158 Å². The van der Waals surface area contributed by atoms with Crippen LogP contribution in [-0.2, 0) is 19.6 Å². The van der Waals surface area contributed by atoms with Crippen molar-refractivity contribution in [3.05, 3.63) is 56.9 Å². The SMILES string of the molecule is O=C(COC(=O)c1c[nH]c(=O)[nH]c1=O)Nc1ccc(S(=O)(=O)N2CCCC2)cc1. The first kappa shape index (κ1) is 20.5. The van der Waals surface area contributed by atoms with Crippen molar-refractivity contribution in [1.82, 2.24) is 14.3 Å². The van der Waals surface area contributed by atoms with Gasteiger partial charge < -0.3 is 15.0 Å². The smallest absolute Gasteiger partial charge is 0.345 e. The molecule has 12 heteroatoms. The average Bonchev–Trinajstić information content (AvgIpc) is 3.22. The van der Waals surface area contributed by atoms with E-state index in [1.165, 1.54) is 28.6 Å². The lowest BCUT2D eigenvalue weighted by molar-refractivity contribution is -0.119. The first-order chi connectivity index (χ1) is 13.8. The summed E-state index contributed by atoms with van der Waals surface area (Å²) in [5.74, 6) is -1.76. The summed E-state index contributed by atoms with van der Waals surface area (Å²) in [5.41, 5.74) is -1.85. The molecular weight excluding hydrogens is 404 g/mol. The van der Waals surface area contributed by atoms with Gasteiger partial charge in [0.25, 0.3) is 11.5 Å². The van der Waals surface area contributed by atoms with Gasteiger partial charge in [0.1, 0.15) is 5.56 Å². The number of anilines is 1. The van der Waals surface area contributed by atoms with Crippen LogP contribution in [0.25, 0.3) is 0 Å². The number of carbonyl (C=O) groups is 2. The highest BCUT2D eigenvalue weighted by atomic mass is 32.2. The van der Waals surface area contributed by atoms with Crippen molar-refractivity contribution in [2.24, 2.45) is 0 Å². The van der Waals surface area contributed by atoms with Crippen molar-refractivity contribution in [1.29, 1.82) is 0 Å². The van der Waals surface area contributed by atoms with Gasteiger partial charge in [-0.05, 0) is 37.1 Å². The Morgan fingerprint density at radius 3 is 2.38 bits per heavy atom. The van der Waals surface area contributed by atoms with E-state index in [0.29, 0.717) is 18.8 Å². The third-order valence-electron chi connectivity index (χ3n) is 4.21. The zero-order valence-electron chi connectivity index (χ0n) is 15.1.